The number of carbonyl (C=O) groups is 1. The first kappa shape index (κ1) is 32.6. The van der Waals surface area contributed by atoms with Gasteiger partial charge in [0.15, 0.2) is 0 Å². The minimum atomic E-state index is -0.526. The minimum absolute atomic E-state index is 0.293. The molecular formula is C37H44N2O5. The van der Waals surface area contributed by atoms with E-state index in [1.807, 2.05) is 31.2 Å². The maximum Gasteiger partial charge on any atom is 0.343 e. The summed E-state index contributed by atoms with van der Waals surface area (Å²) in [7, 11) is 0. The van der Waals surface area contributed by atoms with Crippen LogP contribution < -0.4 is 15.1 Å². The molecule has 0 aliphatic heterocycles. The molecule has 7 nitrogen and oxygen atoms in total. The summed E-state index contributed by atoms with van der Waals surface area (Å²) in [6, 6.07) is 20.6. The van der Waals surface area contributed by atoms with Crippen molar-refractivity contribution in [2.75, 3.05) is 6.61 Å². The molecule has 0 unspecified atom stereocenters. The summed E-state index contributed by atoms with van der Waals surface area (Å²) in [6.45, 7) is 4.82. The molecule has 0 N–H and O–H groups in total. The number of carbonyl (C=O) groups excluding carboxylic acids is 1. The fraction of sp³-hybridized carbons (Fsp3) is 0.405. The number of benzene rings is 3. The molecule has 3 aromatic carbocycles. The van der Waals surface area contributed by atoms with E-state index in [0.29, 0.717) is 28.3 Å². The van der Waals surface area contributed by atoms with Crippen LogP contribution in [-0.2, 0) is 0 Å². The molecule has 7 heteroatoms. The van der Waals surface area contributed by atoms with Gasteiger partial charge in [-0.2, -0.15) is 10.2 Å². The lowest BCUT2D eigenvalue weighted by atomic mass is 10.1. The molecule has 0 atom stereocenters. The van der Waals surface area contributed by atoms with E-state index in [9.17, 15) is 9.59 Å². The van der Waals surface area contributed by atoms with Gasteiger partial charge in [0.05, 0.1) is 23.5 Å². The normalized spacial score (nSPS) is 11.3. The Morgan fingerprint density at radius 1 is 0.682 bits per heavy atom. The van der Waals surface area contributed by atoms with Gasteiger partial charge in [0.2, 0.25) is 0 Å². The fourth-order valence-corrected chi connectivity index (χ4v) is 5.06. The number of ether oxygens (including phenoxy) is 2. The lowest BCUT2D eigenvalue weighted by Crippen LogP contribution is -2.08. The topological polar surface area (TPSA) is 90.5 Å². The van der Waals surface area contributed by atoms with Gasteiger partial charge >= 0.3 is 11.6 Å². The van der Waals surface area contributed by atoms with Gasteiger partial charge < -0.3 is 13.9 Å². The SMILES string of the molecule is CCCCCCCCCCCCCCOc1ccc(N=Nc2ccc(C(=O)Oc3ccc4c(C)cc(=O)oc4c3)cc2)cc1. The molecule has 0 aliphatic carbocycles. The molecule has 232 valence electrons. The number of nitrogens with zero attached hydrogens (tertiary/aromatic N) is 2. The molecule has 0 fully saturated rings. The number of fused-ring (bicyclic) bond motifs is 1. The third-order valence-electron chi connectivity index (χ3n) is 7.62. The molecule has 4 rings (SSSR count). The van der Waals surface area contributed by atoms with Crippen molar-refractivity contribution in [3.05, 3.63) is 94.3 Å². The van der Waals surface area contributed by atoms with Crippen molar-refractivity contribution in [3.63, 3.8) is 0 Å². The maximum absolute atomic E-state index is 12.6. The zero-order valence-electron chi connectivity index (χ0n) is 26.1. The third-order valence-corrected chi connectivity index (χ3v) is 7.62. The number of rotatable bonds is 18. The van der Waals surface area contributed by atoms with Crippen molar-refractivity contribution in [2.24, 2.45) is 10.2 Å². The van der Waals surface area contributed by atoms with Crippen LogP contribution in [0.15, 0.2) is 92.2 Å². The van der Waals surface area contributed by atoms with E-state index in [0.717, 1.165) is 29.7 Å². The molecule has 1 aromatic heterocycles. The third kappa shape index (κ3) is 10.8. The van der Waals surface area contributed by atoms with Crippen LogP contribution in [0.1, 0.15) is 99.9 Å². The second kappa shape index (κ2) is 17.8. The Balaban J connectivity index is 1.13. The summed E-state index contributed by atoms with van der Waals surface area (Å²) in [6.07, 6.45) is 15.9. The van der Waals surface area contributed by atoms with Crippen molar-refractivity contribution in [3.8, 4) is 11.5 Å². The van der Waals surface area contributed by atoms with E-state index in [-0.39, 0.29) is 0 Å². The molecule has 0 spiro atoms. The van der Waals surface area contributed by atoms with Gasteiger partial charge in [-0.15, -0.1) is 0 Å². The first-order valence-corrected chi connectivity index (χ1v) is 16.0. The van der Waals surface area contributed by atoms with E-state index in [1.165, 1.54) is 76.7 Å². The average molecular weight is 597 g/mol. The quantitative estimate of drug-likeness (QED) is 0.0375. The van der Waals surface area contributed by atoms with Gasteiger partial charge in [0, 0.05) is 17.5 Å². The van der Waals surface area contributed by atoms with E-state index in [1.54, 1.807) is 42.5 Å². The van der Waals surface area contributed by atoms with E-state index in [2.05, 4.69) is 17.2 Å². The predicted molar refractivity (Wildman–Crippen MR) is 176 cm³/mol. The Morgan fingerprint density at radius 3 is 1.84 bits per heavy atom. The van der Waals surface area contributed by atoms with Crippen LogP contribution >= 0.6 is 0 Å². The van der Waals surface area contributed by atoms with E-state index >= 15 is 0 Å². The van der Waals surface area contributed by atoms with Crippen molar-refractivity contribution in [1.29, 1.82) is 0 Å². The highest BCUT2D eigenvalue weighted by Crippen LogP contribution is 2.25. The fourth-order valence-electron chi connectivity index (χ4n) is 5.06. The molecular weight excluding hydrogens is 552 g/mol. The molecule has 0 bridgehead atoms. The highest BCUT2D eigenvalue weighted by Gasteiger charge is 2.11. The van der Waals surface area contributed by atoms with Gasteiger partial charge in [-0.05, 0) is 79.6 Å². The van der Waals surface area contributed by atoms with Crippen molar-refractivity contribution < 1.29 is 18.7 Å². The Morgan fingerprint density at radius 2 is 1.23 bits per heavy atom. The lowest BCUT2D eigenvalue weighted by molar-refractivity contribution is 0.0735. The van der Waals surface area contributed by atoms with Crippen LogP contribution in [0.3, 0.4) is 0 Å². The van der Waals surface area contributed by atoms with Gasteiger partial charge in [-0.3, -0.25) is 0 Å². The number of esters is 1. The molecule has 0 saturated carbocycles. The monoisotopic (exact) mass is 596 g/mol. The van der Waals surface area contributed by atoms with Gasteiger partial charge in [0.25, 0.3) is 0 Å². The molecule has 0 amide bonds. The molecule has 0 aliphatic rings. The van der Waals surface area contributed by atoms with Crippen molar-refractivity contribution >= 4 is 28.3 Å². The molecule has 4 aromatic rings. The molecule has 44 heavy (non-hydrogen) atoms. The van der Waals surface area contributed by atoms with Crippen LogP contribution in [0, 0.1) is 6.92 Å². The second-order valence-electron chi connectivity index (χ2n) is 11.3. The van der Waals surface area contributed by atoms with Crippen LogP contribution in [0.4, 0.5) is 11.4 Å². The Kier molecular flexibility index (Phi) is 13.2. The standard InChI is InChI=1S/C37H44N2O5/c1-3-4-5-6-7-8-9-10-11-12-13-14-25-42-32-21-19-31(20-22-32)39-38-30-17-15-29(16-18-30)37(41)43-33-23-24-34-28(2)26-36(40)44-35(34)27-33/h15-24,26-27H,3-14,25H2,1-2H3. The van der Waals surface area contributed by atoms with Gasteiger partial charge in [-0.25, -0.2) is 9.59 Å². The molecule has 1 heterocycles. The van der Waals surface area contributed by atoms with E-state index < -0.39 is 11.6 Å². The first-order chi connectivity index (χ1) is 21.5. The van der Waals surface area contributed by atoms with Crippen LogP contribution in [0.5, 0.6) is 11.5 Å². The summed E-state index contributed by atoms with van der Waals surface area (Å²) in [5.41, 5.74) is 2.41. The molecule has 0 saturated heterocycles. The van der Waals surface area contributed by atoms with Crippen LogP contribution in [0.25, 0.3) is 11.0 Å². The number of hydrogen-bond acceptors (Lipinski definition) is 7. The number of aryl methyl sites for hydroxylation is 1. The smallest absolute Gasteiger partial charge is 0.343 e. The van der Waals surface area contributed by atoms with Gasteiger partial charge in [-0.1, -0.05) is 77.6 Å². The van der Waals surface area contributed by atoms with Gasteiger partial charge in [0.1, 0.15) is 17.1 Å². The first-order valence-electron chi connectivity index (χ1n) is 16.0. The predicted octanol–water partition coefficient (Wildman–Crippen LogP) is 10.8. The highest BCUT2D eigenvalue weighted by atomic mass is 16.5. The summed E-state index contributed by atoms with van der Waals surface area (Å²) in [5.74, 6) is 0.599. The number of hydrogen-bond donors (Lipinski definition) is 0. The largest absolute Gasteiger partial charge is 0.494 e. The number of azo groups is 1. The van der Waals surface area contributed by atoms with Crippen LogP contribution in [0.2, 0.25) is 0 Å². The van der Waals surface area contributed by atoms with Crippen molar-refractivity contribution in [2.45, 2.75) is 90.9 Å². The molecule has 0 radical (unpaired) electrons. The van der Waals surface area contributed by atoms with Crippen LogP contribution in [-0.4, -0.2) is 12.6 Å². The maximum atomic E-state index is 12.6. The minimum Gasteiger partial charge on any atom is -0.494 e. The summed E-state index contributed by atoms with van der Waals surface area (Å²) >= 11 is 0. The Hall–Kier alpha value is -4.26. The summed E-state index contributed by atoms with van der Waals surface area (Å²) in [5, 5.41) is 9.35. The van der Waals surface area contributed by atoms with E-state index in [4.69, 9.17) is 13.9 Å². The zero-order valence-corrected chi connectivity index (χ0v) is 26.1. The highest BCUT2D eigenvalue weighted by molar-refractivity contribution is 5.92. The summed E-state index contributed by atoms with van der Waals surface area (Å²) in [4.78, 5) is 24.3. The summed E-state index contributed by atoms with van der Waals surface area (Å²) < 4.78 is 16.6. The Labute approximate surface area is 260 Å². The number of unbranched alkanes of at least 4 members (excludes halogenated alkanes) is 11. The second-order valence-corrected chi connectivity index (χ2v) is 11.3. The lowest BCUT2D eigenvalue weighted by Gasteiger charge is -2.07. The zero-order chi connectivity index (χ0) is 31.0. The Bertz CT molecular complexity index is 1540. The average Bonchev–Trinajstić information content (AvgIpc) is 3.03. The van der Waals surface area contributed by atoms with Crippen molar-refractivity contribution in [1.82, 2.24) is 0 Å².